The van der Waals surface area contributed by atoms with Gasteiger partial charge in [-0.3, -0.25) is 19.2 Å². The van der Waals surface area contributed by atoms with E-state index in [4.69, 9.17) is 5.73 Å². The molecular weight excluding hydrogens is 232 g/mol. The molecule has 6 heteroatoms. The summed E-state index contributed by atoms with van der Waals surface area (Å²) < 4.78 is 1.72. The Labute approximate surface area is 105 Å². The van der Waals surface area contributed by atoms with Gasteiger partial charge in [0.15, 0.2) is 0 Å². The Morgan fingerprint density at radius 3 is 2.78 bits per heavy atom. The number of carbonyl (C=O) groups excluding carboxylic acids is 2. The van der Waals surface area contributed by atoms with Crippen LogP contribution in [-0.2, 0) is 16.6 Å². The molecule has 3 rings (SSSR count). The summed E-state index contributed by atoms with van der Waals surface area (Å²) in [7, 11) is 1.83. The molecule has 2 fully saturated rings. The molecule has 0 radical (unpaired) electrons. The molecule has 1 saturated carbocycles. The van der Waals surface area contributed by atoms with Crippen molar-refractivity contribution >= 4 is 17.6 Å². The lowest BCUT2D eigenvalue weighted by atomic mass is 10.1. The number of rotatable bonds is 3. The van der Waals surface area contributed by atoms with Crippen LogP contribution in [-0.4, -0.2) is 28.1 Å². The maximum atomic E-state index is 11.9. The first-order chi connectivity index (χ1) is 8.56. The number of nitrogens with zero attached hydrogens (tertiary/aromatic N) is 3. The van der Waals surface area contributed by atoms with Gasteiger partial charge in [-0.15, -0.1) is 0 Å². The van der Waals surface area contributed by atoms with E-state index in [9.17, 15) is 9.59 Å². The summed E-state index contributed by atoms with van der Waals surface area (Å²) >= 11 is 0. The molecule has 1 saturated heterocycles. The van der Waals surface area contributed by atoms with Crippen molar-refractivity contribution < 1.29 is 9.59 Å². The molecule has 1 unspecified atom stereocenters. The monoisotopic (exact) mass is 248 g/mol. The highest BCUT2D eigenvalue weighted by atomic mass is 16.2. The Morgan fingerprint density at radius 2 is 2.22 bits per heavy atom. The third-order valence-electron chi connectivity index (χ3n) is 3.67. The number of amides is 2. The number of primary amides is 1. The van der Waals surface area contributed by atoms with Crippen LogP contribution in [0, 0.1) is 5.92 Å². The number of hydrogen-bond donors (Lipinski definition) is 1. The Hall–Kier alpha value is -1.85. The van der Waals surface area contributed by atoms with E-state index in [1.807, 2.05) is 13.1 Å². The molecule has 0 aromatic carbocycles. The van der Waals surface area contributed by atoms with Gasteiger partial charge in [-0.25, -0.2) is 0 Å². The van der Waals surface area contributed by atoms with Crippen LogP contribution in [0.5, 0.6) is 0 Å². The van der Waals surface area contributed by atoms with Crippen molar-refractivity contribution in [1.29, 1.82) is 0 Å². The van der Waals surface area contributed by atoms with Crippen molar-refractivity contribution in [3.8, 4) is 0 Å². The molecular formula is C12H16N4O2. The predicted octanol–water partition coefficient (Wildman–Crippen LogP) is 0.136. The van der Waals surface area contributed by atoms with E-state index in [2.05, 4.69) is 5.10 Å². The van der Waals surface area contributed by atoms with Crippen molar-refractivity contribution in [2.45, 2.75) is 25.2 Å². The second-order valence-corrected chi connectivity index (χ2v) is 5.13. The average Bonchev–Trinajstić information content (AvgIpc) is 2.99. The van der Waals surface area contributed by atoms with Crippen molar-refractivity contribution in [3.63, 3.8) is 0 Å². The standard InChI is InChI=1S/C12H16N4O2/c1-15-10(5-9(14-15)7-2-3-7)16-6-8(12(13)18)4-11(16)17/h5,7-8H,2-4,6H2,1H3,(H2,13,18). The summed E-state index contributed by atoms with van der Waals surface area (Å²) in [6.45, 7) is 0.373. The van der Waals surface area contributed by atoms with Gasteiger partial charge in [-0.1, -0.05) is 0 Å². The van der Waals surface area contributed by atoms with Gasteiger partial charge in [0.05, 0.1) is 11.6 Å². The number of anilines is 1. The third-order valence-corrected chi connectivity index (χ3v) is 3.67. The van der Waals surface area contributed by atoms with Crippen molar-refractivity contribution in [3.05, 3.63) is 11.8 Å². The van der Waals surface area contributed by atoms with E-state index in [-0.39, 0.29) is 18.2 Å². The number of aromatic nitrogens is 2. The molecule has 6 nitrogen and oxygen atoms in total. The Balaban J connectivity index is 1.86. The van der Waals surface area contributed by atoms with Crippen LogP contribution < -0.4 is 10.6 Å². The summed E-state index contributed by atoms with van der Waals surface area (Å²) in [6, 6.07) is 1.96. The smallest absolute Gasteiger partial charge is 0.229 e. The molecule has 1 aliphatic heterocycles. The first kappa shape index (κ1) is 11.3. The summed E-state index contributed by atoms with van der Waals surface area (Å²) in [5, 5.41) is 4.43. The third kappa shape index (κ3) is 1.77. The lowest BCUT2D eigenvalue weighted by Gasteiger charge is -2.15. The van der Waals surface area contributed by atoms with Gasteiger partial charge in [-0.2, -0.15) is 5.10 Å². The molecule has 2 heterocycles. The second kappa shape index (κ2) is 3.83. The topological polar surface area (TPSA) is 81.2 Å². The van der Waals surface area contributed by atoms with Gasteiger partial charge in [0.25, 0.3) is 0 Å². The second-order valence-electron chi connectivity index (χ2n) is 5.13. The summed E-state index contributed by atoms with van der Waals surface area (Å²) in [5.41, 5.74) is 6.31. The zero-order valence-corrected chi connectivity index (χ0v) is 10.3. The fraction of sp³-hybridized carbons (Fsp3) is 0.583. The van der Waals surface area contributed by atoms with Gasteiger partial charge in [0.2, 0.25) is 11.8 Å². The minimum atomic E-state index is -0.407. The van der Waals surface area contributed by atoms with Crippen LogP contribution in [0.25, 0.3) is 0 Å². The number of nitrogens with two attached hydrogens (primary N) is 1. The van der Waals surface area contributed by atoms with Gasteiger partial charge >= 0.3 is 0 Å². The first-order valence-electron chi connectivity index (χ1n) is 6.20. The zero-order valence-electron chi connectivity index (χ0n) is 10.3. The zero-order chi connectivity index (χ0) is 12.9. The van der Waals surface area contributed by atoms with Crippen LogP contribution in [0.3, 0.4) is 0 Å². The quantitative estimate of drug-likeness (QED) is 0.825. The fourth-order valence-corrected chi connectivity index (χ4v) is 2.43. The number of aryl methyl sites for hydroxylation is 1. The van der Waals surface area contributed by atoms with Crippen LogP contribution in [0.15, 0.2) is 6.07 Å². The maximum Gasteiger partial charge on any atom is 0.229 e. The molecule has 2 amide bonds. The minimum absolute atomic E-state index is 0.0517. The van der Waals surface area contributed by atoms with Gasteiger partial charge in [-0.05, 0) is 12.8 Å². The van der Waals surface area contributed by atoms with Crippen molar-refractivity contribution in [2.75, 3.05) is 11.4 Å². The summed E-state index contributed by atoms with van der Waals surface area (Å²) in [5.74, 6) is 0.483. The van der Waals surface area contributed by atoms with Gasteiger partial charge in [0, 0.05) is 32.0 Å². The average molecular weight is 248 g/mol. The molecule has 2 aliphatic rings. The highest BCUT2D eigenvalue weighted by molar-refractivity contribution is 5.99. The normalized spacial score (nSPS) is 23.7. The van der Waals surface area contributed by atoms with Gasteiger partial charge < -0.3 is 5.73 Å². The van der Waals surface area contributed by atoms with E-state index in [1.165, 1.54) is 12.8 Å². The van der Waals surface area contributed by atoms with Crippen molar-refractivity contribution in [1.82, 2.24) is 9.78 Å². The molecule has 1 aliphatic carbocycles. The lowest BCUT2D eigenvalue weighted by molar-refractivity contribution is -0.123. The van der Waals surface area contributed by atoms with Crippen LogP contribution in [0.4, 0.5) is 5.82 Å². The van der Waals surface area contributed by atoms with E-state index in [0.29, 0.717) is 12.5 Å². The number of carbonyl (C=O) groups is 2. The molecule has 0 spiro atoms. The van der Waals surface area contributed by atoms with Crippen LogP contribution >= 0.6 is 0 Å². The first-order valence-corrected chi connectivity index (χ1v) is 6.20. The fourth-order valence-electron chi connectivity index (χ4n) is 2.43. The maximum absolute atomic E-state index is 11.9. The molecule has 2 N–H and O–H groups in total. The molecule has 18 heavy (non-hydrogen) atoms. The van der Waals surface area contributed by atoms with Gasteiger partial charge in [0.1, 0.15) is 5.82 Å². The largest absolute Gasteiger partial charge is 0.369 e. The predicted molar refractivity (Wildman–Crippen MR) is 64.8 cm³/mol. The summed E-state index contributed by atoms with van der Waals surface area (Å²) in [4.78, 5) is 24.7. The molecule has 1 atom stereocenters. The van der Waals surface area contributed by atoms with Crippen LogP contribution in [0.1, 0.15) is 30.9 Å². The number of hydrogen-bond acceptors (Lipinski definition) is 3. The summed E-state index contributed by atoms with van der Waals surface area (Å²) in [6.07, 6.45) is 2.56. The lowest BCUT2D eigenvalue weighted by Crippen LogP contribution is -2.29. The highest BCUT2D eigenvalue weighted by Gasteiger charge is 2.36. The highest BCUT2D eigenvalue weighted by Crippen LogP contribution is 2.40. The van der Waals surface area contributed by atoms with Crippen molar-refractivity contribution in [2.24, 2.45) is 18.7 Å². The Bertz CT molecular complexity index is 518. The molecule has 96 valence electrons. The van der Waals surface area contributed by atoms with E-state index < -0.39 is 5.91 Å². The SMILES string of the molecule is Cn1nc(C2CC2)cc1N1CC(C(N)=O)CC1=O. The molecule has 1 aromatic rings. The molecule has 1 aromatic heterocycles. The minimum Gasteiger partial charge on any atom is -0.369 e. The Kier molecular flexibility index (Phi) is 2.39. The van der Waals surface area contributed by atoms with Crippen LogP contribution in [0.2, 0.25) is 0 Å². The van der Waals surface area contributed by atoms with E-state index in [0.717, 1.165) is 11.5 Å². The van der Waals surface area contributed by atoms with E-state index in [1.54, 1.807) is 9.58 Å². The van der Waals surface area contributed by atoms with E-state index >= 15 is 0 Å². The Morgan fingerprint density at radius 1 is 1.50 bits per heavy atom. The molecule has 0 bridgehead atoms.